The van der Waals surface area contributed by atoms with Gasteiger partial charge < -0.3 is 9.47 Å². The fourth-order valence-corrected chi connectivity index (χ4v) is 1.72. The van der Waals surface area contributed by atoms with Crippen molar-refractivity contribution in [2.45, 2.75) is 31.8 Å². The van der Waals surface area contributed by atoms with Crippen LogP contribution < -0.4 is 10.1 Å². The van der Waals surface area contributed by atoms with E-state index in [2.05, 4.69) is 5.32 Å². The van der Waals surface area contributed by atoms with Gasteiger partial charge in [-0.2, -0.15) is 0 Å². The molecule has 0 saturated heterocycles. The zero-order valence-electron chi connectivity index (χ0n) is 11.2. The molecule has 0 amide bonds. The highest BCUT2D eigenvalue weighted by atomic mass is 19.1. The lowest BCUT2D eigenvalue weighted by molar-refractivity contribution is -0.146. The molecule has 0 radical (unpaired) electrons. The van der Waals surface area contributed by atoms with Crippen LogP contribution in [0.1, 0.15) is 19.8 Å². The molecule has 1 fully saturated rings. The van der Waals surface area contributed by atoms with Gasteiger partial charge in [0.25, 0.3) is 0 Å². The lowest BCUT2D eigenvalue weighted by atomic mass is 10.3. The van der Waals surface area contributed by atoms with Gasteiger partial charge in [-0.25, -0.2) is 8.78 Å². The first-order valence-electron chi connectivity index (χ1n) is 6.60. The summed E-state index contributed by atoms with van der Waals surface area (Å²) in [5.74, 6) is -1.92. The second-order valence-corrected chi connectivity index (χ2v) is 4.63. The topological polar surface area (TPSA) is 47.6 Å². The van der Waals surface area contributed by atoms with Gasteiger partial charge in [0.15, 0.2) is 11.6 Å². The second-order valence-electron chi connectivity index (χ2n) is 4.63. The second kappa shape index (κ2) is 6.65. The highest BCUT2D eigenvalue weighted by molar-refractivity contribution is 5.76. The van der Waals surface area contributed by atoms with E-state index in [4.69, 9.17) is 9.47 Å². The Balaban J connectivity index is 1.96. The van der Waals surface area contributed by atoms with Crippen LogP contribution in [0.5, 0.6) is 5.75 Å². The van der Waals surface area contributed by atoms with E-state index >= 15 is 0 Å². The van der Waals surface area contributed by atoms with Gasteiger partial charge in [-0.3, -0.25) is 10.1 Å². The summed E-state index contributed by atoms with van der Waals surface area (Å²) in [5.41, 5.74) is 0. The van der Waals surface area contributed by atoms with Crippen molar-refractivity contribution >= 4 is 5.97 Å². The third-order valence-electron chi connectivity index (χ3n) is 2.88. The van der Waals surface area contributed by atoms with Crippen molar-refractivity contribution in [3.63, 3.8) is 0 Å². The Kier molecular flexibility index (Phi) is 4.89. The molecule has 1 aromatic carbocycles. The van der Waals surface area contributed by atoms with Gasteiger partial charge in [-0.15, -0.1) is 0 Å². The van der Waals surface area contributed by atoms with E-state index in [9.17, 15) is 13.6 Å². The van der Waals surface area contributed by atoms with Crippen molar-refractivity contribution in [3.8, 4) is 5.75 Å². The molecule has 1 aromatic rings. The zero-order valence-corrected chi connectivity index (χ0v) is 11.2. The van der Waals surface area contributed by atoms with Crippen LogP contribution in [0.3, 0.4) is 0 Å². The summed E-state index contributed by atoms with van der Waals surface area (Å²) >= 11 is 0. The predicted molar refractivity (Wildman–Crippen MR) is 68.4 cm³/mol. The standard InChI is InChI=1S/C14H17F2NO3/c1-2-19-14(18)12(17-10-4-5-10)8-20-13-7-9(15)3-6-11(13)16/h3,6-7,10,12,17H,2,4-5,8H2,1H3. The van der Waals surface area contributed by atoms with E-state index < -0.39 is 23.6 Å². The molecule has 1 unspecified atom stereocenters. The molecular formula is C14H17F2NO3. The number of benzene rings is 1. The predicted octanol–water partition coefficient (Wildman–Crippen LogP) is 2.03. The molecule has 2 rings (SSSR count). The molecule has 0 aliphatic heterocycles. The number of ether oxygens (including phenoxy) is 2. The van der Waals surface area contributed by atoms with E-state index in [1.807, 2.05) is 0 Å². The fraction of sp³-hybridized carbons (Fsp3) is 0.500. The molecule has 1 aliphatic carbocycles. The SMILES string of the molecule is CCOC(=O)C(COc1cc(F)ccc1F)NC1CC1. The van der Waals surface area contributed by atoms with E-state index in [1.54, 1.807) is 6.92 Å². The number of rotatable bonds is 7. The smallest absolute Gasteiger partial charge is 0.326 e. The highest BCUT2D eigenvalue weighted by Gasteiger charge is 2.30. The largest absolute Gasteiger partial charge is 0.488 e. The van der Waals surface area contributed by atoms with Gasteiger partial charge in [0.1, 0.15) is 18.5 Å². The molecule has 1 atom stereocenters. The summed E-state index contributed by atoms with van der Waals surface area (Å²) in [6.07, 6.45) is 1.98. The summed E-state index contributed by atoms with van der Waals surface area (Å²) in [6, 6.07) is 2.54. The number of esters is 1. The Hall–Kier alpha value is -1.69. The zero-order chi connectivity index (χ0) is 14.5. The number of hydrogen-bond acceptors (Lipinski definition) is 4. The minimum atomic E-state index is -0.676. The molecule has 0 heterocycles. The number of nitrogens with one attached hydrogen (secondary N) is 1. The van der Waals surface area contributed by atoms with Crippen molar-refractivity contribution in [3.05, 3.63) is 29.8 Å². The Labute approximate surface area is 116 Å². The van der Waals surface area contributed by atoms with Gasteiger partial charge >= 0.3 is 5.97 Å². The summed E-state index contributed by atoms with van der Waals surface area (Å²) in [4.78, 5) is 11.7. The van der Waals surface area contributed by atoms with Gasteiger partial charge in [0, 0.05) is 12.1 Å². The van der Waals surface area contributed by atoms with Gasteiger partial charge in [-0.1, -0.05) is 0 Å². The third-order valence-corrected chi connectivity index (χ3v) is 2.88. The summed E-state index contributed by atoms with van der Waals surface area (Å²) in [7, 11) is 0. The summed E-state index contributed by atoms with van der Waals surface area (Å²) in [6.45, 7) is 1.87. The average molecular weight is 285 g/mol. The van der Waals surface area contributed by atoms with E-state index in [0.717, 1.165) is 31.0 Å². The summed E-state index contributed by atoms with van der Waals surface area (Å²) < 4.78 is 36.6. The van der Waals surface area contributed by atoms with Gasteiger partial charge in [0.05, 0.1) is 6.61 Å². The van der Waals surface area contributed by atoms with Crippen LogP contribution in [0, 0.1) is 11.6 Å². The van der Waals surface area contributed by atoms with Crippen molar-refractivity contribution in [2.75, 3.05) is 13.2 Å². The summed E-state index contributed by atoms with van der Waals surface area (Å²) in [5, 5.41) is 3.06. The number of halogens is 2. The maximum Gasteiger partial charge on any atom is 0.326 e. The first kappa shape index (κ1) is 14.7. The molecule has 0 aromatic heterocycles. The molecule has 0 spiro atoms. The van der Waals surface area contributed by atoms with Crippen LogP contribution in [-0.4, -0.2) is 31.3 Å². The van der Waals surface area contributed by atoms with Crippen LogP contribution in [-0.2, 0) is 9.53 Å². The minimum Gasteiger partial charge on any atom is -0.488 e. The molecule has 6 heteroatoms. The Bertz CT molecular complexity index is 477. The van der Waals surface area contributed by atoms with Crippen LogP contribution in [0.2, 0.25) is 0 Å². The molecule has 0 bridgehead atoms. The maximum atomic E-state index is 13.4. The van der Waals surface area contributed by atoms with E-state index in [-0.39, 0.29) is 25.0 Å². The van der Waals surface area contributed by atoms with Crippen molar-refractivity contribution in [2.24, 2.45) is 0 Å². The lowest BCUT2D eigenvalue weighted by Gasteiger charge is -2.17. The van der Waals surface area contributed by atoms with Crippen molar-refractivity contribution < 1.29 is 23.0 Å². The van der Waals surface area contributed by atoms with Crippen LogP contribution >= 0.6 is 0 Å². The molecule has 110 valence electrons. The molecule has 20 heavy (non-hydrogen) atoms. The number of carbonyl (C=O) groups is 1. The number of hydrogen-bond donors (Lipinski definition) is 1. The fourth-order valence-electron chi connectivity index (χ4n) is 1.72. The van der Waals surface area contributed by atoms with Crippen LogP contribution in [0.25, 0.3) is 0 Å². The maximum absolute atomic E-state index is 13.4. The first-order valence-corrected chi connectivity index (χ1v) is 6.60. The monoisotopic (exact) mass is 285 g/mol. The Morgan fingerprint density at radius 3 is 2.85 bits per heavy atom. The van der Waals surface area contributed by atoms with Crippen molar-refractivity contribution in [1.82, 2.24) is 5.32 Å². The van der Waals surface area contributed by atoms with Gasteiger partial charge in [-0.05, 0) is 31.9 Å². The molecule has 1 N–H and O–H groups in total. The molecule has 1 saturated carbocycles. The number of carbonyl (C=O) groups excluding carboxylic acids is 1. The molecule has 4 nitrogen and oxygen atoms in total. The van der Waals surface area contributed by atoms with Gasteiger partial charge in [0.2, 0.25) is 0 Å². The van der Waals surface area contributed by atoms with Crippen LogP contribution in [0.4, 0.5) is 8.78 Å². The van der Waals surface area contributed by atoms with E-state index in [0.29, 0.717) is 0 Å². The highest BCUT2D eigenvalue weighted by Crippen LogP contribution is 2.21. The molecule has 1 aliphatic rings. The normalized spacial score (nSPS) is 15.8. The van der Waals surface area contributed by atoms with Crippen molar-refractivity contribution in [1.29, 1.82) is 0 Å². The first-order chi connectivity index (χ1) is 9.60. The quantitative estimate of drug-likeness (QED) is 0.779. The van der Waals surface area contributed by atoms with E-state index in [1.165, 1.54) is 0 Å². The Morgan fingerprint density at radius 2 is 2.20 bits per heavy atom. The minimum absolute atomic E-state index is 0.101. The lowest BCUT2D eigenvalue weighted by Crippen LogP contribution is -2.43. The third kappa shape index (κ3) is 4.16. The van der Waals surface area contributed by atoms with Crippen LogP contribution in [0.15, 0.2) is 18.2 Å². The average Bonchev–Trinajstić information content (AvgIpc) is 3.22. The Morgan fingerprint density at radius 1 is 1.45 bits per heavy atom. The molecular weight excluding hydrogens is 268 g/mol.